The van der Waals surface area contributed by atoms with Crippen LogP contribution in [0.15, 0.2) is 59.5 Å². The summed E-state index contributed by atoms with van der Waals surface area (Å²) in [5, 5.41) is 2.88. The quantitative estimate of drug-likeness (QED) is 0.500. The number of benzene rings is 2. The molecule has 9 nitrogen and oxygen atoms in total. The first-order valence-corrected chi connectivity index (χ1v) is 12.7. The number of rotatable bonds is 11. The maximum absolute atomic E-state index is 13.3. The van der Waals surface area contributed by atoms with Crippen LogP contribution < -0.4 is 19.7 Å². The molecule has 10 heteroatoms. The van der Waals surface area contributed by atoms with Crippen molar-refractivity contribution < 1.29 is 27.5 Å². The third-order valence-corrected chi connectivity index (χ3v) is 7.03. The molecule has 2 aromatic carbocycles. The van der Waals surface area contributed by atoms with Gasteiger partial charge in [-0.15, -0.1) is 0 Å². The zero-order valence-electron chi connectivity index (χ0n) is 19.4. The van der Waals surface area contributed by atoms with Crippen LogP contribution >= 0.6 is 0 Å². The van der Waals surface area contributed by atoms with E-state index in [1.165, 1.54) is 24.1 Å². The van der Waals surface area contributed by atoms with E-state index in [0.717, 1.165) is 12.8 Å². The molecule has 2 amide bonds. The Bertz CT molecular complexity index is 1050. The first kappa shape index (κ1) is 25.7. The summed E-state index contributed by atoms with van der Waals surface area (Å²) in [6.07, 6.45) is 2.12. The standard InChI is InChI=1S/C24H31N3O6S/c1-3-22(24(29)25-16-20-8-7-15-33-20)27(18-11-13-19(32-2)14-12-18)23(28)17-26-34(30,31)21-9-5-4-6-10-21/h4-6,9-14,20,22,26H,3,7-8,15-17H2,1-2H3,(H,25,29). The maximum atomic E-state index is 13.3. The molecule has 1 aliphatic rings. The molecule has 184 valence electrons. The van der Waals surface area contributed by atoms with Gasteiger partial charge in [0.15, 0.2) is 0 Å². The van der Waals surface area contributed by atoms with Gasteiger partial charge in [0, 0.05) is 18.8 Å². The fraction of sp³-hybridized carbons (Fsp3) is 0.417. The lowest BCUT2D eigenvalue weighted by molar-refractivity contribution is -0.126. The van der Waals surface area contributed by atoms with Gasteiger partial charge < -0.3 is 14.8 Å². The van der Waals surface area contributed by atoms with E-state index in [0.29, 0.717) is 31.0 Å². The number of anilines is 1. The fourth-order valence-corrected chi connectivity index (χ4v) is 4.78. The van der Waals surface area contributed by atoms with E-state index in [2.05, 4.69) is 10.0 Å². The Kier molecular flexibility index (Phi) is 9.03. The van der Waals surface area contributed by atoms with Gasteiger partial charge in [0.1, 0.15) is 11.8 Å². The summed E-state index contributed by atoms with van der Waals surface area (Å²) < 4.78 is 38.3. The van der Waals surface area contributed by atoms with Crippen LogP contribution in [0.5, 0.6) is 5.75 Å². The summed E-state index contributed by atoms with van der Waals surface area (Å²) in [4.78, 5) is 27.8. The molecule has 3 rings (SSSR count). The van der Waals surface area contributed by atoms with Gasteiger partial charge in [0.25, 0.3) is 0 Å². The van der Waals surface area contributed by atoms with Crippen LogP contribution in [0.3, 0.4) is 0 Å². The maximum Gasteiger partial charge on any atom is 0.243 e. The Balaban J connectivity index is 1.79. The molecule has 0 aromatic heterocycles. The van der Waals surface area contributed by atoms with Gasteiger partial charge in [0.05, 0.1) is 24.7 Å². The lowest BCUT2D eigenvalue weighted by atomic mass is 10.1. The SMILES string of the molecule is CCC(C(=O)NCC1CCCO1)N(C(=O)CNS(=O)(=O)c1ccccc1)c1ccc(OC)cc1. The van der Waals surface area contributed by atoms with Gasteiger partial charge in [-0.2, -0.15) is 0 Å². The molecule has 0 saturated carbocycles. The number of amides is 2. The molecule has 1 fully saturated rings. The third kappa shape index (κ3) is 6.55. The van der Waals surface area contributed by atoms with Crippen LogP contribution in [0.25, 0.3) is 0 Å². The van der Waals surface area contributed by atoms with Crippen molar-refractivity contribution >= 4 is 27.5 Å². The molecule has 1 aliphatic heterocycles. The monoisotopic (exact) mass is 489 g/mol. The van der Waals surface area contributed by atoms with E-state index in [1.54, 1.807) is 49.4 Å². The lowest BCUT2D eigenvalue weighted by Crippen LogP contribution is -2.53. The van der Waals surface area contributed by atoms with Crippen LogP contribution in [-0.2, 0) is 24.3 Å². The third-order valence-electron chi connectivity index (χ3n) is 5.62. The molecule has 1 saturated heterocycles. The zero-order chi connectivity index (χ0) is 24.6. The molecule has 2 aromatic rings. The average molecular weight is 490 g/mol. The molecule has 2 N–H and O–H groups in total. The highest BCUT2D eigenvalue weighted by atomic mass is 32.2. The highest BCUT2D eigenvalue weighted by Crippen LogP contribution is 2.23. The minimum absolute atomic E-state index is 0.0377. The second kappa shape index (κ2) is 12.0. The van der Waals surface area contributed by atoms with Crippen molar-refractivity contribution in [2.75, 3.05) is 31.7 Å². The molecule has 0 bridgehead atoms. The van der Waals surface area contributed by atoms with Crippen molar-refractivity contribution in [1.29, 1.82) is 0 Å². The summed E-state index contributed by atoms with van der Waals surface area (Å²) >= 11 is 0. The Morgan fingerprint density at radius 1 is 1.15 bits per heavy atom. The van der Waals surface area contributed by atoms with Crippen LogP contribution in [0.4, 0.5) is 5.69 Å². The first-order valence-electron chi connectivity index (χ1n) is 11.3. The second-order valence-electron chi connectivity index (χ2n) is 7.90. The Labute approximate surface area is 200 Å². The van der Waals surface area contributed by atoms with Crippen molar-refractivity contribution in [2.45, 2.75) is 43.2 Å². The molecule has 0 spiro atoms. The van der Waals surface area contributed by atoms with Crippen LogP contribution in [0.2, 0.25) is 0 Å². The second-order valence-corrected chi connectivity index (χ2v) is 9.67. The van der Waals surface area contributed by atoms with Gasteiger partial charge >= 0.3 is 0 Å². The van der Waals surface area contributed by atoms with Gasteiger partial charge in [-0.25, -0.2) is 13.1 Å². The first-order chi connectivity index (χ1) is 16.4. The van der Waals surface area contributed by atoms with E-state index in [4.69, 9.17) is 9.47 Å². The summed E-state index contributed by atoms with van der Waals surface area (Å²) in [6, 6.07) is 13.7. The van der Waals surface area contributed by atoms with E-state index in [9.17, 15) is 18.0 Å². The van der Waals surface area contributed by atoms with Crippen molar-refractivity contribution in [3.8, 4) is 5.75 Å². The number of hydrogen-bond acceptors (Lipinski definition) is 6. The van der Waals surface area contributed by atoms with E-state index in [1.807, 2.05) is 0 Å². The summed E-state index contributed by atoms with van der Waals surface area (Å²) in [7, 11) is -2.36. The minimum Gasteiger partial charge on any atom is -0.497 e. The normalized spacial score (nSPS) is 16.6. The van der Waals surface area contributed by atoms with Crippen molar-refractivity contribution in [2.24, 2.45) is 0 Å². The smallest absolute Gasteiger partial charge is 0.243 e. The minimum atomic E-state index is -3.89. The van der Waals surface area contributed by atoms with Gasteiger partial charge in [0.2, 0.25) is 21.8 Å². The number of methoxy groups -OCH3 is 1. The van der Waals surface area contributed by atoms with Gasteiger partial charge in [-0.05, 0) is 55.7 Å². The Morgan fingerprint density at radius 2 is 1.85 bits per heavy atom. The van der Waals surface area contributed by atoms with Crippen LogP contribution in [0.1, 0.15) is 26.2 Å². The lowest BCUT2D eigenvalue weighted by Gasteiger charge is -2.31. The number of nitrogens with one attached hydrogen (secondary N) is 2. The van der Waals surface area contributed by atoms with Crippen molar-refractivity contribution in [3.05, 3.63) is 54.6 Å². The number of sulfonamides is 1. The van der Waals surface area contributed by atoms with E-state index >= 15 is 0 Å². The summed E-state index contributed by atoms with van der Waals surface area (Å²) in [6.45, 7) is 2.34. The van der Waals surface area contributed by atoms with Gasteiger partial charge in [-0.3, -0.25) is 14.5 Å². The molecular weight excluding hydrogens is 458 g/mol. The molecule has 34 heavy (non-hydrogen) atoms. The largest absolute Gasteiger partial charge is 0.497 e. The fourth-order valence-electron chi connectivity index (χ4n) is 3.79. The molecule has 2 atom stereocenters. The highest BCUT2D eigenvalue weighted by molar-refractivity contribution is 7.89. The summed E-state index contributed by atoms with van der Waals surface area (Å²) in [5.41, 5.74) is 0.462. The predicted octanol–water partition coefficient (Wildman–Crippen LogP) is 2.08. The molecular formula is C24H31N3O6S. The average Bonchev–Trinajstić information content (AvgIpc) is 3.39. The number of nitrogens with zero attached hydrogens (tertiary/aromatic N) is 1. The molecule has 0 radical (unpaired) electrons. The van der Waals surface area contributed by atoms with Gasteiger partial charge in [-0.1, -0.05) is 25.1 Å². The van der Waals surface area contributed by atoms with Crippen LogP contribution in [-0.4, -0.2) is 59.2 Å². The number of carbonyl (C=O) groups excluding carboxylic acids is 2. The Hall–Kier alpha value is -2.95. The topological polar surface area (TPSA) is 114 Å². The predicted molar refractivity (Wildman–Crippen MR) is 128 cm³/mol. The molecule has 2 unspecified atom stereocenters. The molecule has 1 heterocycles. The molecule has 0 aliphatic carbocycles. The summed E-state index contributed by atoms with van der Waals surface area (Å²) in [5.74, 6) is -0.284. The highest BCUT2D eigenvalue weighted by Gasteiger charge is 2.31. The van der Waals surface area contributed by atoms with E-state index in [-0.39, 0.29) is 16.9 Å². The van der Waals surface area contributed by atoms with Crippen LogP contribution in [0, 0.1) is 0 Å². The van der Waals surface area contributed by atoms with E-state index < -0.39 is 28.5 Å². The number of hydrogen-bond donors (Lipinski definition) is 2. The Morgan fingerprint density at radius 3 is 2.44 bits per heavy atom. The van der Waals surface area contributed by atoms with Crippen molar-refractivity contribution in [1.82, 2.24) is 10.0 Å². The van der Waals surface area contributed by atoms with Crippen molar-refractivity contribution in [3.63, 3.8) is 0 Å². The number of carbonyl (C=O) groups is 2. The zero-order valence-corrected chi connectivity index (χ0v) is 20.2. The number of ether oxygens (including phenoxy) is 2.